The van der Waals surface area contributed by atoms with Gasteiger partial charge in [-0.3, -0.25) is 4.72 Å². The molecule has 1 unspecified atom stereocenters. The molecule has 2 aromatic carbocycles. The smallest absolute Gasteiger partial charge is 0.341 e. The van der Waals surface area contributed by atoms with Crippen molar-refractivity contribution < 1.29 is 27.4 Å². The van der Waals surface area contributed by atoms with E-state index < -0.39 is 26.7 Å². The zero-order chi connectivity index (χ0) is 20.4. The number of anilines is 1. The molecule has 0 spiro atoms. The van der Waals surface area contributed by atoms with Crippen LogP contribution in [0.2, 0.25) is 0 Å². The molecule has 0 fully saturated rings. The van der Waals surface area contributed by atoms with Crippen molar-refractivity contribution in [3.8, 4) is 5.75 Å². The second-order valence-electron chi connectivity index (χ2n) is 6.48. The van der Waals surface area contributed by atoms with Gasteiger partial charge in [-0.05, 0) is 35.6 Å². The Labute approximate surface area is 158 Å². The van der Waals surface area contributed by atoms with Crippen LogP contribution < -0.4 is 9.46 Å². The molecular formula is C19H22FNO5S. The molecule has 0 aliphatic rings. The summed E-state index contributed by atoms with van der Waals surface area (Å²) in [6, 6.07) is 7.84. The van der Waals surface area contributed by atoms with Gasteiger partial charge in [0, 0.05) is 0 Å². The minimum absolute atomic E-state index is 0.0183. The van der Waals surface area contributed by atoms with Gasteiger partial charge in [-0.2, -0.15) is 0 Å². The van der Waals surface area contributed by atoms with Crippen LogP contribution in [0.3, 0.4) is 0 Å². The lowest BCUT2D eigenvalue weighted by Crippen LogP contribution is -2.18. The van der Waals surface area contributed by atoms with Crippen molar-refractivity contribution >= 4 is 21.7 Å². The van der Waals surface area contributed by atoms with Crippen LogP contribution in [0.4, 0.5) is 10.1 Å². The van der Waals surface area contributed by atoms with E-state index in [0.717, 1.165) is 12.1 Å². The lowest BCUT2D eigenvalue weighted by Gasteiger charge is -2.22. The van der Waals surface area contributed by atoms with Crippen LogP contribution in [0, 0.1) is 11.7 Å². The van der Waals surface area contributed by atoms with Gasteiger partial charge in [0.15, 0.2) is 0 Å². The summed E-state index contributed by atoms with van der Waals surface area (Å²) in [4.78, 5) is 11.3. The maximum Gasteiger partial charge on any atom is 0.341 e. The molecule has 27 heavy (non-hydrogen) atoms. The molecule has 6 nitrogen and oxygen atoms in total. The predicted molar refractivity (Wildman–Crippen MR) is 100 cm³/mol. The largest absolute Gasteiger partial charge is 0.495 e. The first-order valence-corrected chi connectivity index (χ1v) is 9.80. The minimum atomic E-state index is -4.32. The number of sulfonamides is 1. The second-order valence-corrected chi connectivity index (χ2v) is 8.14. The van der Waals surface area contributed by atoms with Crippen LogP contribution in [0.5, 0.6) is 5.75 Å². The van der Waals surface area contributed by atoms with E-state index in [9.17, 15) is 22.7 Å². The fourth-order valence-electron chi connectivity index (χ4n) is 2.70. The van der Waals surface area contributed by atoms with Crippen molar-refractivity contribution in [2.75, 3.05) is 11.8 Å². The molecule has 0 saturated carbocycles. The lowest BCUT2D eigenvalue weighted by molar-refractivity contribution is 0.0694. The third-order valence-corrected chi connectivity index (χ3v) is 5.87. The third kappa shape index (κ3) is 4.21. The van der Waals surface area contributed by atoms with Crippen LogP contribution >= 0.6 is 0 Å². The molecule has 2 aromatic rings. The number of nitrogens with one attached hydrogen (secondary N) is 1. The second kappa shape index (κ2) is 7.96. The summed E-state index contributed by atoms with van der Waals surface area (Å²) in [5.41, 5.74) is 0.142. The van der Waals surface area contributed by atoms with E-state index in [1.54, 1.807) is 6.07 Å². The molecule has 146 valence electrons. The Kier molecular flexibility index (Phi) is 6.10. The molecular weight excluding hydrogens is 373 g/mol. The Morgan fingerprint density at radius 3 is 2.30 bits per heavy atom. The van der Waals surface area contributed by atoms with E-state index in [-0.39, 0.29) is 28.8 Å². The molecule has 1 atom stereocenters. The van der Waals surface area contributed by atoms with Gasteiger partial charge in [0.25, 0.3) is 10.0 Å². The maximum atomic E-state index is 13.9. The lowest BCUT2D eigenvalue weighted by atomic mass is 9.88. The highest BCUT2D eigenvalue weighted by Gasteiger charge is 2.27. The molecule has 0 radical (unpaired) electrons. The van der Waals surface area contributed by atoms with Gasteiger partial charge in [0.05, 0.1) is 12.8 Å². The average molecular weight is 395 g/mol. The number of benzene rings is 2. The van der Waals surface area contributed by atoms with Gasteiger partial charge in [-0.25, -0.2) is 17.6 Å². The number of aromatic carboxylic acids is 1. The van der Waals surface area contributed by atoms with Crippen molar-refractivity contribution in [3.63, 3.8) is 0 Å². The van der Waals surface area contributed by atoms with Crippen LogP contribution in [0.1, 0.15) is 42.6 Å². The Morgan fingerprint density at radius 1 is 1.15 bits per heavy atom. The molecule has 0 aliphatic heterocycles. The first kappa shape index (κ1) is 20.7. The van der Waals surface area contributed by atoms with E-state index >= 15 is 0 Å². The molecule has 0 bridgehead atoms. The SMILES string of the molecule is COc1c(C(C)C(C)C)ccc(NS(=O)(=O)c2ccccc2F)c1C(=O)O. The number of carboxylic acids is 1. The first-order chi connectivity index (χ1) is 12.6. The topological polar surface area (TPSA) is 92.7 Å². The molecule has 0 aliphatic carbocycles. The normalized spacial score (nSPS) is 12.7. The summed E-state index contributed by atoms with van der Waals surface area (Å²) in [7, 11) is -2.99. The zero-order valence-corrected chi connectivity index (χ0v) is 16.3. The molecule has 0 saturated heterocycles. The molecule has 2 rings (SSSR count). The molecule has 0 heterocycles. The van der Waals surface area contributed by atoms with Gasteiger partial charge in [0.1, 0.15) is 22.0 Å². The van der Waals surface area contributed by atoms with Gasteiger partial charge < -0.3 is 9.84 Å². The Balaban J connectivity index is 2.61. The highest BCUT2D eigenvalue weighted by Crippen LogP contribution is 2.38. The summed E-state index contributed by atoms with van der Waals surface area (Å²) < 4.78 is 46.4. The summed E-state index contributed by atoms with van der Waals surface area (Å²) in [6.07, 6.45) is 0. The Morgan fingerprint density at radius 2 is 1.78 bits per heavy atom. The Hall–Kier alpha value is -2.61. The van der Waals surface area contributed by atoms with Crippen molar-refractivity contribution in [1.82, 2.24) is 0 Å². The number of hydrogen-bond donors (Lipinski definition) is 2. The standard InChI is InChI=1S/C19H22FNO5S/c1-11(2)12(3)13-9-10-15(17(19(22)23)18(13)26-4)21-27(24,25)16-8-6-5-7-14(16)20/h5-12,21H,1-4H3,(H,22,23). The predicted octanol–water partition coefficient (Wildman–Crippen LogP) is 4.09. The summed E-state index contributed by atoms with van der Waals surface area (Å²) >= 11 is 0. The summed E-state index contributed by atoms with van der Waals surface area (Å²) in [6.45, 7) is 5.90. The number of ether oxygens (including phenoxy) is 1. The van der Waals surface area contributed by atoms with Gasteiger partial charge >= 0.3 is 5.97 Å². The van der Waals surface area contributed by atoms with Crippen LogP contribution in [0.25, 0.3) is 0 Å². The van der Waals surface area contributed by atoms with E-state index in [1.165, 1.54) is 25.3 Å². The van der Waals surface area contributed by atoms with E-state index in [1.807, 2.05) is 20.8 Å². The fourth-order valence-corrected chi connectivity index (χ4v) is 3.85. The molecule has 2 N–H and O–H groups in total. The Bertz CT molecular complexity index is 957. The van der Waals surface area contributed by atoms with Crippen molar-refractivity contribution in [1.29, 1.82) is 0 Å². The molecule has 8 heteroatoms. The van der Waals surface area contributed by atoms with E-state index in [4.69, 9.17) is 4.74 Å². The van der Waals surface area contributed by atoms with Gasteiger partial charge in [-0.15, -0.1) is 0 Å². The number of halogens is 1. The molecule has 0 aromatic heterocycles. The van der Waals surface area contributed by atoms with Gasteiger partial charge in [-0.1, -0.05) is 39.0 Å². The number of carboxylic acid groups (broad SMARTS) is 1. The fraction of sp³-hybridized carbons (Fsp3) is 0.316. The number of carbonyl (C=O) groups is 1. The number of hydrogen-bond acceptors (Lipinski definition) is 4. The summed E-state index contributed by atoms with van der Waals surface area (Å²) in [5, 5.41) is 9.66. The van der Waals surface area contributed by atoms with E-state index in [0.29, 0.717) is 5.56 Å². The highest BCUT2D eigenvalue weighted by molar-refractivity contribution is 7.92. The third-order valence-electron chi connectivity index (χ3n) is 4.47. The van der Waals surface area contributed by atoms with E-state index in [2.05, 4.69) is 4.72 Å². The number of rotatable bonds is 7. The van der Waals surface area contributed by atoms with Crippen LogP contribution in [0.15, 0.2) is 41.3 Å². The van der Waals surface area contributed by atoms with Crippen molar-refractivity contribution in [2.45, 2.75) is 31.6 Å². The quantitative estimate of drug-likeness (QED) is 0.736. The highest BCUT2D eigenvalue weighted by atomic mass is 32.2. The minimum Gasteiger partial charge on any atom is -0.495 e. The van der Waals surface area contributed by atoms with Crippen molar-refractivity contribution in [2.24, 2.45) is 5.92 Å². The average Bonchev–Trinajstić information content (AvgIpc) is 2.60. The zero-order valence-electron chi connectivity index (χ0n) is 15.5. The number of methoxy groups -OCH3 is 1. The summed E-state index contributed by atoms with van der Waals surface area (Å²) in [5.74, 6) is -2.01. The van der Waals surface area contributed by atoms with Gasteiger partial charge in [0.2, 0.25) is 0 Å². The monoisotopic (exact) mass is 395 g/mol. The first-order valence-electron chi connectivity index (χ1n) is 8.31. The molecule has 0 amide bonds. The van der Waals surface area contributed by atoms with Crippen LogP contribution in [-0.4, -0.2) is 26.6 Å². The van der Waals surface area contributed by atoms with Crippen molar-refractivity contribution in [3.05, 3.63) is 53.3 Å². The van der Waals surface area contributed by atoms with Crippen LogP contribution in [-0.2, 0) is 10.0 Å². The maximum absolute atomic E-state index is 13.9.